The van der Waals surface area contributed by atoms with Gasteiger partial charge in [0.05, 0.1) is 0 Å². The lowest BCUT2D eigenvalue weighted by molar-refractivity contribution is -0.139. The summed E-state index contributed by atoms with van der Waals surface area (Å²) in [6, 6.07) is 2.79. The van der Waals surface area contributed by atoms with Crippen LogP contribution in [-0.2, 0) is 4.79 Å². The molecule has 1 rings (SSSR count). The van der Waals surface area contributed by atoms with Crippen molar-refractivity contribution in [2.24, 2.45) is 0 Å². The Morgan fingerprint density at radius 3 is 2.76 bits per heavy atom. The number of aliphatic carboxylic acids is 1. The van der Waals surface area contributed by atoms with Crippen molar-refractivity contribution in [3.8, 4) is 0 Å². The van der Waals surface area contributed by atoms with Crippen LogP contribution >= 0.6 is 11.6 Å². The summed E-state index contributed by atoms with van der Waals surface area (Å²) in [4.78, 5) is 11.0. The van der Waals surface area contributed by atoms with Crippen LogP contribution in [0.4, 0.5) is 4.39 Å². The van der Waals surface area contributed by atoms with Crippen LogP contribution in [0.15, 0.2) is 18.2 Å². The van der Waals surface area contributed by atoms with Gasteiger partial charge in [0.15, 0.2) is 0 Å². The van der Waals surface area contributed by atoms with Gasteiger partial charge in [0, 0.05) is 17.2 Å². The minimum absolute atomic E-state index is 0.0638. The van der Waals surface area contributed by atoms with E-state index >= 15 is 0 Å². The molecule has 0 radical (unpaired) electrons. The fourth-order valence-corrected chi connectivity index (χ4v) is 1.70. The molecule has 0 spiro atoms. The number of carbonyl (C=O) groups is 1. The van der Waals surface area contributed by atoms with Crippen molar-refractivity contribution in [2.75, 3.05) is 13.2 Å². The van der Waals surface area contributed by atoms with Gasteiger partial charge in [-0.15, -0.1) is 0 Å². The molecule has 1 atom stereocenters. The fourth-order valence-electron chi connectivity index (χ4n) is 1.42. The number of rotatable bonds is 6. The largest absolute Gasteiger partial charge is 0.480 e. The number of hydrogen-bond donors (Lipinski definition) is 3. The maximum atomic E-state index is 13.5. The predicted molar refractivity (Wildman–Crippen MR) is 61.5 cm³/mol. The molecule has 0 saturated heterocycles. The molecule has 1 aromatic rings. The molecule has 0 amide bonds. The van der Waals surface area contributed by atoms with Gasteiger partial charge >= 0.3 is 5.97 Å². The van der Waals surface area contributed by atoms with E-state index in [0.717, 1.165) is 6.07 Å². The SMILES string of the molecule is O=C(O)C(NCCCO)c1c(F)cccc1Cl. The summed E-state index contributed by atoms with van der Waals surface area (Å²) in [6.07, 6.45) is 0.385. The summed E-state index contributed by atoms with van der Waals surface area (Å²) in [6.45, 7) is 0.197. The van der Waals surface area contributed by atoms with Gasteiger partial charge < -0.3 is 15.5 Å². The molecule has 0 bridgehead atoms. The fraction of sp³-hybridized carbons (Fsp3) is 0.364. The van der Waals surface area contributed by atoms with Gasteiger partial charge in [-0.3, -0.25) is 4.79 Å². The zero-order chi connectivity index (χ0) is 12.8. The van der Waals surface area contributed by atoms with E-state index in [0.29, 0.717) is 6.42 Å². The highest BCUT2D eigenvalue weighted by atomic mass is 35.5. The van der Waals surface area contributed by atoms with Crippen molar-refractivity contribution < 1.29 is 19.4 Å². The minimum atomic E-state index is -1.21. The van der Waals surface area contributed by atoms with Gasteiger partial charge in [-0.1, -0.05) is 17.7 Å². The summed E-state index contributed by atoms with van der Waals surface area (Å²) in [5.41, 5.74) is -0.0837. The third-order valence-electron chi connectivity index (χ3n) is 2.22. The third-order valence-corrected chi connectivity index (χ3v) is 2.55. The molecule has 94 valence electrons. The lowest BCUT2D eigenvalue weighted by Crippen LogP contribution is -2.30. The zero-order valence-corrected chi connectivity index (χ0v) is 9.75. The first-order valence-electron chi connectivity index (χ1n) is 5.09. The van der Waals surface area contributed by atoms with Gasteiger partial charge in [0.1, 0.15) is 11.9 Å². The van der Waals surface area contributed by atoms with Crippen molar-refractivity contribution >= 4 is 17.6 Å². The number of benzene rings is 1. The van der Waals surface area contributed by atoms with E-state index in [1.807, 2.05) is 0 Å². The van der Waals surface area contributed by atoms with Gasteiger partial charge in [-0.2, -0.15) is 0 Å². The normalized spacial score (nSPS) is 12.4. The summed E-state index contributed by atoms with van der Waals surface area (Å²) in [5, 5.41) is 20.3. The molecular formula is C11H13ClFNO3. The molecule has 0 aliphatic heterocycles. The number of hydrogen-bond acceptors (Lipinski definition) is 3. The zero-order valence-electron chi connectivity index (χ0n) is 8.99. The highest BCUT2D eigenvalue weighted by molar-refractivity contribution is 6.31. The number of carboxylic acid groups (broad SMARTS) is 1. The molecule has 0 aromatic heterocycles. The van der Waals surface area contributed by atoms with Crippen LogP contribution in [0.25, 0.3) is 0 Å². The molecule has 6 heteroatoms. The molecule has 0 aliphatic rings. The van der Waals surface area contributed by atoms with E-state index in [9.17, 15) is 9.18 Å². The van der Waals surface area contributed by atoms with Crippen molar-refractivity contribution in [3.63, 3.8) is 0 Å². The highest BCUT2D eigenvalue weighted by Gasteiger charge is 2.24. The standard InChI is InChI=1S/C11H13ClFNO3/c12-7-3-1-4-8(13)9(7)10(11(16)17)14-5-2-6-15/h1,3-4,10,14-15H,2,5-6H2,(H,16,17). The molecule has 17 heavy (non-hydrogen) atoms. The quantitative estimate of drug-likeness (QED) is 0.680. The van der Waals surface area contributed by atoms with Gasteiger partial charge in [0.25, 0.3) is 0 Å². The van der Waals surface area contributed by atoms with Crippen molar-refractivity contribution in [2.45, 2.75) is 12.5 Å². The highest BCUT2D eigenvalue weighted by Crippen LogP contribution is 2.26. The number of carboxylic acids is 1. The van der Waals surface area contributed by atoms with E-state index < -0.39 is 17.8 Å². The first kappa shape index (κ1) is 13.9. The Balaban J connectivity index is 2.93. The maximum absolute atomic E-state index is 13.5. The Labute approximate surface area is 103 Å². The molecule has 1 unspecified atom stereocenters. The topological polar surface area (TPSA) is 69.6 Å². The Kier molecular flexibility index (Phi) is 5.34. The molecule has 0 saturated carbocycles. The van der Waals surface area contributed by atoms with Crippen LogP contribution in [0.5, 0.6) is 0 Å². The van der Waals surface area contributed by atoms with E-state index in [2.05, 4.69) is 5.32 Å². The lowest BCUT2D eigenvalue weighted by Gasteiger charge is -2.16. The number of aliphatic hydroxyl groups is 1. The van der Waals surface area contributed by atoms with Crippen LogP contribution in [0, 0.1) is 5.82 Å². The second kappa shape index (κ2) is 6.54. The van der Waals surface area contributed by atoms with Gasteiger partial charge in [0.2, 0.25) is 0 Å². The number of nitrogens with one attached hydrogen (secondary N) is 1. The molecule has 1 aromatic carbocycles. The molecule has 0 heterocycles. The molecule has 0 aliphatic carbocycles. The lowest BCUT2D eigenvalue weighted by atomic mass is 10.1. The van der Waals surface area contributed by atoms with Crippen molar-refractivity contribution in [3.05, 3.63) is 34.6 Å². The van der Waals surface area contributed by atoms with Crippen LogP contribution in [0.2, 0.25) is 5.02 Å². The van der Waals surface area contributed by atoms with E-state index in [1.54, 1.807) is 0 Å². The van der Waals surface area contributed by atoms with Crippen LogP contribution in [0.1, 0.15) is 18.0 Å². The summed E-state index contributed by atoms with van der Waals surface area (Å²) >= 11 is 5.79. The number of halogens is 2. The Morgan fingerprint density at radius 1 is 1.53 bits per heavy atom. The van der Waals surface area contributed by atoms with Crippen LogP contribution < -0.4 is 5.32 Å². The predicted octanol–water partition coefficient (Wildman–Crippen LogP) is 1.58. The molecule has 3 N–H and O–H groups in total. The van der Waals surface area contributed by atoms with Gasteiger partial charge in [-0.05, 0) is 25.1 Å². The third kappa shape index (κ3) is 3.66. The van der Waals surface area contributed by atoms with Crippen molar-refractivity contribution in [1.82, 2.24) is 5.32 Å². The van der Waals surface area contributed by atoms with Crippen LogP contribution in [-0.4, -0.2) is 29.3 Å². The summed E-state index contributed by atoms with van der Waals surface area (Å²) in [7, 11) is 0. The maximum Gasteiger partial charge on any atom is 0.325 e. The van der Waals surface area contributed by atoms with Crippen molar-refractivity contribution in [1.29, 1.82) is 0 Å². The Hall–Kier alpha value is -1.17. The smallest absolute Gasteiger partial charge is 0.325 e. The first-order valence-corrected chi connectivity index (χ1v) is 5.46. The van der Waals surface area contributed by atoms with E-state index in [-0.39, 0.29) is 23.7 Å². The second-order valence-electron chi connectivity index (χ2n) is 3.44. The molecule has 4 nitrogen and oxygen atoms in total. The van der Waals surface area contributed by atoms with E-state index in [1.165, 1.54) is 12.1 Å². The van der Waals surface area contributed by atoms with Crippen LogP contribution in [0.3, 0.4) is 0 Å². The Bertz CT molecular complexity index is 380. The molecular weight excluding hydrogens is 249 g/mol. The van der Waals surface area contributed by atoms with E-state index in [4.69, 9.17) is 21.8 Å². The first-order chi connectivity index (χ1) is 8.07. The average molecular weight is 262 g/mol. The monoisotopic (exact) mass is 261 g/mol. The summed E-state index contributed by atoms with van der Waals surface area (Å²) < 4.78 is 13.5. The Morgan fingerprint density at radius 2 is 2.24 bits per heavy atom. The van der Waals surface area contributed by atoms with Gasteiger partial charge in [-0.25, -0.2) is 4.39 Å². The second-order valence-corrected chi connectivity index (χ2v) is 3.85. The minimum Gasteiger partial charge on any atom is -0.480 e. The average Bonchev–Trinajstić information content (AvgIpc) is 2.26. The number of aliphatic hydroxyl groups excluding tert-OH is 1. The molecule has 0 fully saturated rings. The summed E-state index contributed by atoms with van der Waals surface area (Å²) in [5.74, 6) is -1.88.